The molecule has 0 spiro atoms. The van der Waals surface area contributed by atoms with Crippen LogP contribution in [-0.4, -0.2) is 38.2 Å². The molecule has 1 aliphatic rings. The first-order valence-electron chi connectivity index (χ1n) is 8.46. The average Bonchev–Trinajstić information content (AvgIpc) is 3.35. The van der Waals surface area contributed by atoms with Crippen LogP contribution in [0.15, 0.2) is 46.6 Å². The zero-order valence-electron chi connectivity index (χ0n) is 13.8. The molecule has 0 aliphatic carbocycles. The summed E-state index contributed by atoms with van der Waals surface area (Å²) < 4.78 is 5.38. The normalized spacial score (nSPS) is 17.6. The first-order chi connectivity index (χ1) is 12.3. The minimum absolute atomic E-state index is 0.324. The van der Waals surface area contributed by atoms with Crippen LogP contribution >= 0.6 is 11.3 Å². The maximum Gasteiger partial charge on any atom is 0.241 e. The van der Waals surface area contributed by atoms with Gasteiger partial charge in [-0.2, -0.15) is 4.98 Å². The topological polar surface area (TPSA) is 75.3 Å². The second kappa shape index (κ2) is 7.43. The lowest BCUT2D eigenvalue weighted by atomic mass is 9.90. The van der Waals surface area contributed by atoms with E-state index in [9.17, 15) is 5.11 Å². The summed E-state index contributed by atoms with van der Waals surface area (Å²) in [5.74, 6) is 1.55. The van der Waals surface area contributed by atoms with E-state index in [-0.39, 0.29) is 6.10 Å². The molecule has 0 bridgehead atoms. The molecule has 3 aromatic heterocycles. The number of aliphatic hydroxyl groups is 1. The van der Waals surface area contributed by atoms with Crippen molar-refractivity contribution >= 4 is 11.3 Å². The van der Waals surface area contributed by atoms with E-state index >= 15 is 0 Å². The molecule has 0 unspecified atom stereocenters. The van der Waals surface area contributed by atoms with Crippen LogP contribution < -0.4 is 0 Å². The van der Waals surface area contributed by atoms with Gasteiger partial charge in [0.1, 0.15) is 0 Å². The zero-order valence-corrected chi connectivity index (χ0v) is 14.6. The van der Waals surface area contributed by atoms with E-state index in [1.165, 1.54) is 0 Å². The summed E-state index contributed by atoms with van der Waals surface area (Å²) in [6.07, 6.45) is 5.04. The summed E-state index contributed by atoms with van der Waals surface area (Å²) in [5, 5.41) is 16.6. The van der Waals surface area contributed by atoms with Crippen molar-refractivity contribution in [2.24, 2.45) is 5.92 Å². The van der Waals surface area contributed by atoms with Gasteiger partial charge in [-0.1, -0.05) is 11.2 Å². The number of aromatic nitrogens is 3. The van der Waals surface area contributed by atoms with Crippen LogP contribution in [0.1, 0.15) is 29.7 Å². The van der Waals surface area contributed by atoms with Gasteiger partial charge in [-0.15, -0.1) is 11.3 Å². The largest absolute Gasteiger partial charge is 0.387 e. The van der Waals surface area contributed by atoms with Crippen molar-refractivity contribution < 1.29 is 9.63 Å². The number of hydrogen-bond donors (Lipinski definition) is 1. The van der Waals surface area contributed by atoms with Gasteiger partial charge < -0.3 is 9.63 Å². The Morgan fingerprint density at radius 1 is 1.24 bits per heavy atom. The lowest BCUT2D eigenvalue weighted by Gasteiger charge is -2.33. The van der Waals surface area contributed by atoms with Crippen LogP contribution in [0.3, 0.4) is 0 Å². The molecule has 0 saturated carbocycles. The molecule has 1 N–H and O–H groups in total. The van der Waals surface area contributed by atoms with E-state index < -0.39 is 0 Å². The van der Waals surface area contributed by atoms with Crippen LogP contribution in [0.25, 0.3) is 11.4 Å². The number of likely N-dealkylation sites (tertiary alicyclic amines) is 1. The predicted octanol–water partition coefficient (Wildman–Crippen LogP) is 3.14. The van der Waals surface area contributed by atoms with Crippen molar-refractivity contribution in [3.05, 3.63) is 52.8 Å². The third-order valence-corrected chi connectivity index (χ3v) is 5.62. The van der Waals surface area contributed by atoms with Crippen LogP contribution in [0.5, 0.6) is 0 Å². The quantitative estimate of drug-likeness (QED) is 0.757. The molecule has 0 aromatic carbocycles. The lowest BCUT2D eigenvalue weighted by Crippen LogP contribution is -2.35. The fraction of sp³-hybridized carbons (Fsp3) is 0.389. The molecule has 4 rings (SSSR count). The number of piperidine rings is 1. The first kappa shape index (κ1) is 16.4. The Bertz CT molecular complexity index is 783. The molecule has 4 heterocycles. The Balaban J connectivity index is 1.32. The molecule has 7 heteroatoms. The summed E-state index contributed by atoms with van der Waals surface area (Å²) in [5.41, 5.74) is 0.905. The number of hydrogen-bond acceptors (Lipinski definition) is 7. The first-order valence-corrected chi connectivity index (χ1v) is 9.34. The molecule has 1 fully saturated rings. The number of pyridine rings is 1. The Morgan fingerprint density at radius 3 is 2.76 bits per heavy atom. The zero-order chi connectivity index (χ0) is 17.1. The summed E-state index contributed by atoms with van der Waals surface area (Å²) in [4.78, 5) is 11.8. The average molecular weight is 356 g/mol. The van der Waals surface area contributed by atoms with Crippen molar-refractivity contribution in [1.82, 2.24) is 20.0 Å². The maximum atomic E-state index is 10.5. The maximum absolute atomic E-state index is 10.5. The Labute approximate surface area is 150 Å². The highest BCUT2D eigenvalue weighted by Crippen LogP contribution is 2.33. The fourth-order valence-electron chi connectivity index (χ4n) is 3.25. The molecule has 3 aromatic rings. The van der Waals surface area contributed by atoms with Crippen molar-refractivity contribution in [3.8, 4) is 11.4 Å². The van der Waals surface area contributed by atoms with Gasteiger partial charge in [-0.25, -0.2) is 0 Å². The van der Waals surface area contributed by atoms with Gasteiger partial charge in [0.05, 0.1) is 12.6 Å². The van der Waals surface area contributed by atoms with Crippen LogP contribution in [0, 0.1) is 5.92 Å². The van der Waals surface area contributed by atoms with Gasteiger partial charge in [-0.05, 0) is 55.4 Å². The van der Waals surface area contributed by atoms with Crippen LogP contribution in [0.4, 0.5) is 0 Å². The van der Waals surface area contributed by atoms with Gasteiger partial charge >= 0.3 is 0 Å². The molecule has 0 radical (unpaired) electrons. The Morgan fingerprint density at radius 2 is 2.04 bits per heavy atom. The van der Waals surface area contributed by atoms with E-state index in [0.29, 0.717) is 24.2 Å². The molecule has 6 nitrogen and oxygen atoms in total. The molecular formula is C18H20N4O2S. The monoisotopic (exact) mass is 356 g/mol. The van der Waals surface area contributed by atoms with E-state index in [4.69, 9.17) is 4.52 Å². The second-order valence-electron chi connectivity index (χ2n) is 6.32. The van der Waals surface area contributed by atoms with Crippen LogP contribution in [0.2, 0.25) is 0 Å². The lowest BCUT2D eigenvalue weighted by molar-refractivity contribution is 0.0560. The van der Waals surface area contributed by atoms with Crippen molar-refractivity contribution in [1.29, 1.82) is 0 Å². The van der Waals surface area contributed by atoms with Gasteiger partial charge in [0, 0.05) is 22.8 Å². The summed E-state index contributed by atoms with van der Waals surface area (Å²) in [6, 6.07) is 7.74. The highest BCUT2D eigenvalue weighted by atomic mass is 32.1. The minimum atomic E-state index is -0.344. The van der Waals surface area contributed by atoms with Gasteiger partial charge in [0.2, 0.25) is 11.7 Å². The van der Waals surface area contributed by atoms with Gasteiger partial charge in [0.25, 0.3) is 0 Å². The second-order valence-corrected chi connectivity index (χ2v) is 7.30. The number of thiophene rings is 1. The predicted molar refractivity (Wildman–Crippen MR) is 94.8 cm³/mol. The molecule has 25 heavy (non-hydrogen) atoms. The number of nitrogens with zero attached hydrogens (tertiary/aromatic N) is 4. The number of rotatable bonds is 5. The molecular weight excluding hydrogens is 336 g/mol. The molecule has 1 saturated heterocycles. The molecule has 1 atom stereocenters. The van der Waals surface area contributed by atoms with Crippen LogP contribution in [-0.2, 0) is 6.54 Å². The highest BCUT2D eigenvalue weighted by Gasteiger charge is 2.27. The molecule has 130 valence electrons. The van der Waals surface area contributed by atoms with E-state index in [2.05, 4.69) is 20.0 Å². The fourth-order valence-corrected chi connectivity index (χ4v) is 4.05. The summed E-state index contributed by atoms with van der Waals surface area (Å²) in [7, 11) is 0. The standard InChI is InChI=1S/C18H20N4O2S/c23-17(15-2-1-11-25-15)13-5-9-22(10-6-13)12-16-20-18(21-24-16)14-3-7-19-8-4-14/h1-4,7-8,11,13,17,23H,5-6,9-10,12H2/t17-/m1/s1. The number of aliphatic hydroxyl groups excluding tert-OH is 1. The van der Waals surface area contributed by atoms with Crippen molar-refractivity contribution in [3.63, 3.8) is 0 Å². The summed E-state index contributed by atoms with van der Waals surface area (Å²) >= 11 is 1.63. The van der Waals surface area contributed by atoms with Gasteiger partial charge in [0.15, 0.2) is 0 Å². The Hall–Kier alpha value is -2.09. The highest BCUT2D eigenvalue weighted by molar-refractivity contribution is 7.10. The van der Waals surface area contributed by atoms with E-state index in [1.807, 2.05) is 29.6 Å². The minimum Gasteiger partial charge on any atom is -0.387 e. The SMILES string of the molecule is O[C@@H](c1cccs1)C1CCN(Cc2nc(-c3ccncc3)no2)CC1. The third-order valence-electron chi connectivity index (χ3n) is 4.68. The molecule has 1 aliphatic heterocycles. The van der Waals surface area contributed by atoms with Crippen molar-refractivity contribution in [2.75, 3.05) is 13.1 Å². The molecule has 0 amide bonds. The third kappa shape index (κ3) is 3.78. The Kier molecular flexibility index (Phi) is 4.87. The summed E-state index contributed by atoms with van der Waals surface area (Å²) in [6.45, 7) is 2.51. The van der Waals surface area contributed by atoms with E-state index in [1.54, 1.807) is 23.7 Å². The van der Waals surface area contributed by atoms with Gasteiger partial charge in [-0.3, -0.25) is 9.88 Å². The van der Waals surface area contributed by atoms with Crippen molar-refractivity contribution in [2.45, 2.75) is 25.5 Å². The smallest absolute Gasteiger partial charge is 0.241 e. The van der Waals surface area contributed by atoms with E-state index in [0.717, 1.165) is 36.4 Å².